The zero-order valence-electron chi connectivity index (χ0n) is 12.9. The Kier molecular flexibility index (Phi) is 6.89. The number of ether oxygens (including phenoxy) is 1. The van der Waals surface area contributed by atoms with E-state index in [1.165, 1.54) is 5.56 Å². The number of nitrogens with zero attached hydrogens (tertiary/aromatic N) is 1. The fraction of sp³-hybridized carbons (Fsp3) is 0.625. The van der Waals surface area contributed by atoms with Crippen molar-refractivity contribution in [3.05, 3.63) is 29.8 Å². The molecule has 0 radical (unpaired) electrons. The monoisotopic (exact) mass is 264 g/mol. The van der Waals surface area contributed by atoms with Gasteiger partial charge in [-0.25, -0.2) is 0 Å². The van der Waals surface area contributed by atoms with Crippen molar-refractivity contribution >= 4 is 0 Å². The maximum atomic E-state index is 5.78. The average Bonchev–Trinajstić information content (AvgIpc) is 2.40. The highest BCUT2D eigenvalue weighted by atomic mass is 16.5. The predicted molar refractivity (Wildman–Crippen MR) is 81.6 cm³/mol. The quantitative estimate of drug-likeness (QED) is 0.781. The van der Waals surface area contributed by atoms with Gasteiger partial charge in [0.25, 0.3) is 0 Å². The van der Waals surface area contributed by atoms with Gasteiger partial charge in [-0.05, 0) is 44.6 Å². The molecule has 19 heavy (non-hydrogen) atoms. The SMILES string of the molecule is CNCc1ccc(OCCN(C)C(C)C(C)C)cc1. The minimum atomic E-state index is 0.585. The molecular formula is C16H28N2O. The molecule has 1 N–H and O–H groups in total. The van der Waals surface area contributed by atoms with Crippen LogP contribution in [0.4, 0.5) is 0 Å². The summed E-state index contributed by atoms with van der Waals surface area (Å²) in [6.45, 7) is 9.35. The number of nitrogens with one attached hydrogen (secondary N) is 1. The molecule has 0 saturated carbocycles. The van der Waals surface area contributed by atoms with E-state index >= 15 is 0 Å². The molecular weight excluding hydrogens is 236 g/mol. The third-order valence-corrected chi connectivity index (χ3v) is 3.68. The van der Waals surface area contributed by atoms with Crippen LogP contribution in [-0.4, -0.2) is 38.2 Å². The van der Waals surface area contributed by atoms with Gasteiger partial charge in [0.05, 0.1) is 0 Å². The van der Waals surface area contributed by atoms with Crippen molar-refractivity contribution in [3.8, 4) is 5.75 Å². The molecule has 0 aromatic heterocycles. The van der Waals surface area contributed by atoms with Gasteiger partial charge in [0.1, 0.15) is 12.4 Å². The second kappa shape index (κ2) is 8.18. The predicted octanol–water partition coefficient (Wildman–Crippen LogP) is 2.76. The summed E-state index contributed by atoms with van der Waals surface area (Å²) in [6, 6.07) is 8.87. The van der Waals surface area contributed by atoms with Crippen LogP contribution < -0.4 is 10.1 Å². The zero-order chi connectivity index (χ0) is 14.3. The van der Waals surface area contributed by atoms with Gasteiger partial charge in [-0.1, -0.05) is 26.0 Å². The van der Waals surface area contributed by atoms with E-state index in [4.69, 9.17) is 4.74 Å². The summed E-state index contributed by atoms with van der Waals surface area (Å²) in [6.07, 6.45) is 0. The fourth-order valence-electron chi connectivity index (χ4n) is 1.93. The van der Waals surface area contributed by atoms with E-state index in [0.29, 0.717) is 12.0 Å². The molecule has 3 nitrogen and oxygen atoms in total. The summed E-state index contributed by atoms with van der Waals surface area (Å²) >= 11 is 0. The summed E-state index contributed by atoms with van der Waals surface area (Å²) in [4.78, 5) is 2.35. The number of likely N-dealkylation sites (N-methyl/N-ethyl adjacent to an activating group) is 1. The molecule has 1 aromatic carbocycles. The number of benzene rings is 1. The first-order valence-electron chi connectivity index (χ1n) is 7.11. The van der Waals surface area contributed by atoms with Crippen molar-refractivity contribution in [2.45, 2.75) is 33.4 Å². The van der Waals surface area contributed by atoms with Crippen LogP contribution in [0.5, 0.6) is 5.75 Å². The first-order valence-corrected chi connectivity index (χ1v) is 7.11. The lowest BCUT2D eigenvalue weighted by Gasteiger charge is -2.27. The maximum Gasteiger partial charge on any atom is 0.119 e. The molecule has 0 aliphatic heterocycles. The number of hydrogen-bond acceptors (Lipinski definition) is 3. The Morgan fingerprint density at radius 1 is 1.16 bits per heavy atom. The lowest BCUT2D eigenvalue weighted by molar-refractivity contribution is 0.170. The van der Waals surface area contributed by atoms with Crippen LogP contribution in [0.3, 0.4) is 0 Å². The molecule has 0 fully saturated rings. The van der Waals surface area contributed by atoms with Crippen LogP contribution >= 0.6 is 0 Å². The van der Waals surface area contributed by atoms with Gasteiger partial charge in [-0.15, -0.1) is 0 Å². The molecule has 1 aromatic rings. The van der Waals surface area contributed by atoms with Crippen molar-refractivity contribution in [1.29, 1.82) is 0 Å². The van der Waals surface area contributed by atoms with Gasteiger partial charge in [0, 0.05) is 19.1 Å². The molecule has 1 rings (SSSR count). The first kappa shape index (κ1) is 16.0. The van der Waals surface area contributed by atoms with Crippen molar-refractivity contribution in [3.63, 3.8) is 0 Å². The van der Waals surface area contributed by atoms with Crippen molar-refractivity contribution in [2.24, 2.45) is 5.92 Å². The van der Waals surface area contributed by atoms with Gasteiger partial charge in [-0.3, -0.25) is 0 Å². The Labute approximate surface area is 118 Å². The highest BCUT2D eigenvalue weighted by Gasteiger charge is 2.12. The van der Waals surface area contributed by atoms with E-state index in [2.05, 4.69) is 50.2 Å². The average molecular weight is 264 g/mol. The number of rotatable bonds is 8. The minimum absolute atomic E-state index is 0.585. The van der Waals surface area contributed by atoms with E-state index in [1.807, 2.05) is 19.2 Å². The molecule has 1 atom stereocenters. The second-order valence-corrected chi connectivity index (χ2v) is 5.49. The van der Waals surface area contributed by atoms with Crippen molar-refractivity contribution in [1.82, 2.24) is 10.2 Å². The smallest absolute Gasteiger partial charge is 0.119 e. The summed E-state index contributed by atoms with van der Waals surface area (Å²) < 4.78 is 5.78. The van der Waals surface area contributed by atoms with E-state index in [1.54, 1.807) is 0 Å². The lowest BCUT2D eigenvalue weighted by atomic mass is 10.1. The summed E-state index contributed by atoms with van der Waals surface area (Å²) in [7, 11) is 4.11. The van der Waals surface area contributed by atoms with Crippen LogP contribution in [0.25, 0.3) is 0 Å². The maximum absolute atomic E-state index is 5.78. The van der Waals surface area contributed by atoms with Gasteiger partial charge in [0.15, 0.2) is 0 Å². The summed E-state index contributed by atoms with van der Waals surface area (Å²) in [5, 5.41) is 3.14. The molecule has 0 spiro atoms. The molecule has 1 unspecified atom stereocenters. The van der Waals surface area contributed by atoms with Gasteiger partial charge in [0.2, 0.25) is 0 Å². The van der Waals surface area contributed by atoms with Crippen LogP contribution in [-0.2, 0) is 6.54 Å². The van der Waals surface area contributed by atoms with Gasteiger partial charge in [-0.2, -0.15) is 0 Å². The number of hydrogen-bond donors (Lipinski definition) is 1. The molecule has 0 saturated heterocycles. The third kappa shape index (κ3) is 5.62. The van der Waals surface area contributed by atoms with E-state index in [-0.39, 0.29) is 0 Å². The summed E-state index contributed by atoms with van der Waals surface area (Å²) in [5.74, 6) is 1.62. The molecule has 0 heterocycles. The Hall–Kier alpha value is -1.06. The second-order valence-electron chi connectivity index (χ2n) is 5.49. The van der Waals surface area contributed by atoms with Crippen LogP contribution in [0.1, 0.15) is 26.3 Å². The third-order valence-electron chi connectivity index (χ3n) is 3.68. The van der Waals surface area contributed by atoms with Crippen molar-refractivity contribution in [2.75, 3.05) is 27.2 Å². The van der Waals surface area contributed by atoms with Crippen LogP contribution in [0, 0.1) is 5.92 Å². The van der Waals surface area contributed by atoms with Crippen LogP contribution in [0.2, 0.25) is 0 Å². The standard InChI is InChI=1S/C16H28N2O/c1-13(2)14(3)18(5)10-11-19-16-8-6-15(7-9-16)12-17-4/h6-9,13-14,17H,10-12H2,1-5H3. The lowest BCUT2D eigenvalue weighted by Crippen LogP contribution is -2.36. The Morgan fingerprint density at radius 2 is 1.79 bits per heavy atom. The van der Waals surface area contributed by atoms with E-state index in [0.717, 1.165) is 25.4 Å². The molecule has 0 bridgehead atoms. The normalized spacial score (nSPS) is 13.0. The van der Waals surface area contributed by atoms with Crippen LogP contribution in [0.15, 0.2) is 24.3 Å². The summed E-state index contributed by atoms with van der Waals surface area (Å²) in [5.41, 5.74) is 1.28. The fourth-order valence-corrected chi connectivity index (χ4v) is 1.93. The van der Waals surface area contributed by atoms with Gasteiger partial charge >= 0.3 is 0 Å². The van der Waals surface area contributed by atoms with Crippen molar-refractivity contribution < 1.29 is 4.74 Å². The van der Waals surface area contributed by atoms with Gasteiger partial charge < -0.3 is 15.0 Å². The topological polar surface area (TPSA) is 24.5 Å². The molecule has 0 aliphatic rings. The van der Waals surface area contributed by atoms with E-state index in [9.17, 15) is 0 Å². The molecule has 108 valence electrons. The molecule has 0 amide bonds. The highest BCUT2D eigenvalue weighted by Crippen LogP contribution is 2.12. The zero-order valence-corrected chi connectivity index (χ0v) is 12.9. The minimum Gasteiger partial charge on any atom is -0.492 e. The Morgan fingerprint density at radius 3 is 2.32 bits per heavy atom. The van der Waals surface area contributed by atoms with E-state index < -0.39 is 0 Å². The largest absolute Gasteiger partial charge is 0.492 e. The Balaban J connectivity index is 2.32. The highest BCUT2D eigenvalue weighted by molar-refractivity contribution is 5.27. The molecule has 0 aliphatic carbocycles. The molecule has 3 heteroatoms. The Bertz CT molecular complexity index is 348. The first-order chi connectivity index (χ1) is 9.04.